The fraction of sp³-hybridized carbons (Fsp3) is 0.300. The van der Waals surface area contributed by atoms with E-state index in [1.807, 2.05) is 0 Å². The molecule has 0 heterocycles. The number of halogens is 3. The molecule has 0 saturated heterocycles. The zero-order valence-corrected chi connectivity index (χ0v) is 9.57. The number of hydrogen-bond acceptors (Lipinski definition) is 1. The van der Waals surface area contributed by atoms with Gasteiger partial charge in [-0.3, -0.25) is 4.79 Å². The minimum absolute atomic E-state index is 0.00283. The molecule has 0 fully saturated rings. The van der Waals surface area contributed by atoms with E-state index < -0.39 is 5.82 Å². The summed E-state index contributed by atoms with van der Waals surface area (Å²) in [5.41, 5.74) is 0.230. The Balaban J connectivity index is 2.78. The average molecular weight is 250 g/mol. The zero-order chi connectivity index (χ0) is 11.4. The van der Waals surface area contributed by atoms with Crippen LogP contribution in [0.25, 0.3) is 0 Å². The lowest BCUT2D eigenvalue weighted by molar-refractivity contribution is 0.0943. The van der Waals surface area contributed by atoms with Crippen molar-refractivity contribution < 1.29 is 9.18 Å². The zero-order valence-electron chi connectivity index (χ0n) is 8.06. The van der Waals surface area contributed by atoms with Crippen LogP contribution in [0.1, 0.15) is 17.3 Å². The molecule has 0 saturated carbocycles. The number of benzene rings is 1. The second kappa shape index (κ2) is 5.33. The molecule has 1 aromatic rings. The molecule has 0 radical (unpaired) electrons. The third-order valence-electron chi connectivity index (χ3n) is 1.79. The monoisotopic (exact) mass is 249 g/mol. The van der Waals surface area contributed by atoms with E-state index in [1.54, 1.807) is 6.92 Å². The predicted molar refractivity (Wildman–Crippen MR) is 59.1 cm³/mol. The first-order valence-corrected chi connectivity index (χ1v) is 5.27. The second-order valence-corrected chi connectivity index (χ2v) is 3.87. The quantitative estimate of drug-likeness (QED) is 0.821. The summed E-state index contributed by atoms with van der Waals surface area (Å²) in [4.78, 5) is 11.5. The van der Waals surface area contributed by atoms with Crippen LogP contribution in [-0.2, 0) is 0 Å². The van der Waals surface area contributed by atoms with Gasteiger partial charge in [-0.25, -0.2) is 4.39 Å². The lowest BCUT2D eigenvalue weighted by Gasteiger charge is -2.10. The molecule has 1 atom stereocenters. The molecular formula is C10H10Cl2FNO. The summed E-state index contributed by atoms with van der Waals surface area (Å²) in [5, 5.41) is 2.61. The molecule has 15 heavy (non-hydrogen) atoms. The van der Waals surface area contributed by atoms with E-state index in [1.165, 1.54) is 12.1 Å². The van der Waals surface area contributed by atoms with Crippen LogP contribution in [0.2, 0.25) is 5.02 Å². The molecule has 0 aliphatic rings. The summed E-state index contributed by atoms with van der Waals surface area (Å²) in [7, 11) is 0. The summed E-state index contributed by atoms with van der Waals surface area (Å²) in [6, 6.07) is 3.75. The molecule has 5 heteroatoms. The number of alkyl halides is 1. The smallest absolute Gasteiger partial charge is 0.251 e. The van der Waals surface area contributed by atoms with E-state index in [0.717, 1.165) is 6.07 Å². The topological polar surface area (TPSA) is 29.1 Å². The van der Waals surface area contributed by atoms with Gasteiger partial charge in [0.1, 0.15) is 5.82 Å². The molecule has 1 aromatic carbocycles. The van der Waals surface area contributed by atoms with Gasteiger partial charge >= 0.3 is 0 Å². The molecule has 0 bridgehead atoms. The highest BCUT2D eigenvalue weighted by Gasteiger charge is 2.10. The highest BCUT2D eigenvalue weighted by atomic mass is 35.5. The fourth-order valence-electron chi connectivity index (χ4n) is 0.983. The van der Waals surface area contributed by atoms with Crippen molar-refractivity contribution in [3.63, 3.8) is 0 Å². The van der Waals surface area contributed by atoms with Gasteiger partial charge < -0.3 is 5.32 Å². The number of carbonyl (C=O) groups excluding carboxylic acids is 1. The van der Waals surface area contributed by atoms with E-state index in [4.69, 9.17) is 23.2 Å². The highest BCUT2D eigenvalue weighted by Crippen LogP contribution is 2.15. The Morgan fingerprint density at radius 2 is 2.27 bits per heavy atom. The number of nitrogens with one attached hydrogen (secondary N) is 1. The summed E-state index contributed by atoms with van der Waals surface area (Å²) in [6.45, 7) is 1.76. The SMILES string of the molecule is CC(CCl)NC(=O)c1ccc(Cl)c(F)c1. The van der Waals surface area contributed by atoms with E-state index in [9.17, 15) is 9.18 Å². The Hall–Kier alpha value is -0.800. The van der Waals surface area contributed by atoms with Crippen LogP contribution in [0.15, 0.2) is 18.2 Å². The maximum Gasteiger partial charge on any atom is 0.251 e. The maximum atomic E-state index is 13.0. The van der Waals surface area contributed by atoms with Crippen molar-refractivity contribution >= 4 is 29.1 Å². The number of amides is 1. The summed E-state index contributed by atoms with van der Waals surface area (Å²) >= 11 is 11.0. The lowest BCUT2D eigenvalue weighted by atomic mass is 10.2. The van der Waals surface area contributed by atoms with Gasteiger partial charge in [0, 0.05) is 17.5 Å². The molecule has 2 nitrogen and oxygen atoms in total. The van der Waals surface area contributed by atoms with Gasteiger partial charge in [-0.2, -0.15) is 0 Å². The van der Waals surface area contributed by atoms with E-state index in [-0.39, 0.29) is 22.5 Å². The molecule has 1 rings (SSSR count). The fourth-order valence-corrected chi connectivity index (χ4v) is 1.18. The molecule has 1 amide bonds. The highest BCUT2D eigenvalue weighted by molar-refractivity contribution is 6.30. The van der Waals surface area contributed by atoms with Crippen LogP contribution in [0.3, 0.4) is 0 Å². The van der Waals surface area contributed by atoms with Crippen LogP contribution in [0, 0.1) is 5.82 Å². The number of carbonyl (C=O) groups is 1. The molecule has 1 unspecified atom stereocenters. The van der Waals surface area contributed by atoms with Crippen molar-refractivity contribution in [1.82, 2.24) is 5.32 Å². The van der Waals surface area contributed by atoms with Gasteiger partial charge in [-0.15, -0.1) is 11.6 Å². The van der Waals surface area contributed by atoms with E-state index in [2.05, 4.69) is 5.32 Å². The Kier molecular flexibility index (Phi) is 4.36. The normalized spacial score (nSPS) is 12.3. The molecule has 1 N–H and O–H groups in total. The van der Waals surface area contributed by atoms with Gasteiger partial charge in [0.15, 0.2) is 0 Å². The van der Waals surface area contributed by atoms with Gasteiger partial charge in [0.05, 0.1) is 5.02 Å². The van der Waals surface area contributed by atoms with Crippen molar-refractivity contribution in [2.24, 2.45) is 0 Å². The van der Waals surface area contributed by atoms with Crippen molar-refractivity contribution in [1.29, 1.82) is 0 Å². The van der Waals surface area contributed by atoms with Gasteiger partial charge in [-0.05, 0) is 25.1 Å². The molecule has 0 aliphatic heterocycles. The van der Waals surface area contributed by atoms with Gasteiger partial charge in [0.25, 0.3) is 5.91 Å². The largest absolute Gasteiger partial charge is 0.348 e. The average Bonchev–Trinajstić information content (AvgIpc) is 2.21. The van der Waals surface area contributed by atoms with Gasteiger partial charge in [0.2, 0.25) is 0 Å². The first-order chi connectivity index (χ1) is 7.04. The van der Waals surface area contributed by atoms with Crippen LogP contribution < -0.4 is 5.32 Å². The predicted octanol–water partition coefficient (Wildman–Crippen LogP) is 2.84. The van der Waals surface area contributed by atoms with Crippen molar-refractivity contribution in [3.05, 3.63) is 34.6 Å². The summed E-state index contributed by atoms with van der Waals surface area (Å²) in [5.74, 6) is -0.663. The van der Waals surface area contributed by atoms with Gasteiger partial charge in [-0.1, -0.05) is 11.6 Å². The van der Waals surface area contributed by atoms with E-state index in [0.29, 0.717) is 5.88 Å². The number of hydrogen-bond donors (Lipinski definition) is 1. The molecular weight excluding hydrogens is 240 g/mol. The van der Waals surface area contributed by atoms with Crippen LogP contribution in [0.5, 0.6) is 0 Å². The van der Waals surface area contributed by atoms with Crippen LogP contribution in [-0.4, -0.2) is 17.8 Å². The van der Waals surface area contributed by atoms with Crippen molar-refractivity contribution in [2.45, 2.75) is 13.0 Å². The first kappa shape index (κ1) is 12.3. The Labute approximate surface area is 97.4 Å². The summed E-state index contributed by atoms with van der Waals surface area (Å²) in [6.07, 6.45) is 0. The number of rotatable bonds is 3. The minimum Gasteiger partial charge on any atom is -0.348 e. The van der Waals surface area contributed by atoms with Crippen molar-refractivity contribution in [2.75, 3.05) is 5.88 Å². The molecule has 0 aliphatic carbocycles. The third-order valence-corrected chi connectivity index (χ3v) is 2.56. The van der Waals surface area contributed by atoms with E-state index >= 15 is 0 Å². The molecule has 0 spiro atoms. The van der Waals surface area contributed by atoms with Crippen LogP contribution >= 0.6 is 23.2 Å². The first-order valence-electron chi connectivity index (χ1n) is 4.36. The molecule has 82 valence electrons. The Morgan fingerprint density at radius 1 is 1.60 bits per heavy atom. The second-order valence-electron chi connectivity index (χ2n) is 3.16. The molecule has 0 aromatic heterocycles. The van der Waals surface area contributed by atoms with Crippen molar-refractivity contribution in [3.8, 4) is 0 Å². The summed E-state index contributed by atoms with van der Waals surface area (Å²) < 4.78 is 13.0. The standard InChI is InChI=1S/C10H10Cl2FNO/c1-6(5-11)14-10(15)7-2-3-8(12)9(13)4-7/h2-4,6H,5H2,1H3,(H,14,15). The maximum absolute atomic E-state index is 13.0. The Bertz CT molecular complexity index is 370. The Morgan fingerprint density at radius 3 is 2.80 bits per heavy atom. The van der Waals surface area contributed by atoms with Crippen LogP contribution in [0.4, 0.5) is 4.39 Å². The third kappa shape index (κ3) is 3.36. The minimum atomic E-state index is -0.608. The lowest BCUT2D eigenvalue weighted by Crippen LogP contribution is -2.33.